The fourth-order valence-corrected chi connectivity index (χ4v) is 3.97. The quantitative estimate of drug-likeness (QED) is 0.923. The van der Waals surface area contributed by atoms with Crippen molar-refractivity contribution < 1.29 is 9.59 Å². The summed E-state index contributed by atoms with van der Waals surface area (Å²) in [6, 6.07) is 9.25. The van der Waals surface area contributed by atoms with Crippen molar-refractivity contribution in [2.45, 2.75) is 51.2 Å². The molecule has 6 nitrogen and oxygen atoms in total. The molecule has 2 aliphatic rings. The van der Waals surface area contributed by atoms with Crippen molar-refractivity contribution in [2.75, 3.05) is 6.54 Å². The van der Waals surface area contributed by atoms with Crippen molar-refractivity contribution in [3.63, 3.8) is 0 Å². The molecule has 0 spiro atoms. The molecule has 26 heavy (non-hydrogen) atoms. The van der Waals surface area contributed by atoms with Gasteiger partial charge in [-0.05, 0) is 38.0 Å². The molecule has 136 valence electrons. The zero-order chi connectivity index (χ0) is 18.1. The van der Waals surface area contributed by atoms with Crippen LogP contribution in [0.5, 0.6) is 0 Å². The summed E-state index contributed by atoms with van der Waals surface area (Å²) in [6.07, 6.45) is 6.11. The van der Waals surface area contributed by atoms with E-state index in [2.05, 4.69) is 10.4 Å². The maximum absolute atomic E-state index is 13.0. The third kappa shape index (κ3) is 3.23. The first-order valence-corrected chi connectivity index (χ1v) is 9.30. The van der Waals surface area contributed by atoms with E-state index in [1.54, 1.807) is 15.8 Å². The van der Waals surface area contributed by atoms with Gasteiger partial charge in [0.2, 0.25) is 5.91 Å². The minimum Gasteiger partial charge on any atom is -0.351 e. The van der Waals surface area contributed by atoms with Crippen molar-refractivity contribution in [1.29, 1.82) is 0 Å². The first-order valence-electron chi connectivity index (χ1n) is 9.30. The minimum atomic E-state index is -0.469. The summed E-state index contributed by atoms with van der Waals surface area (Å²) in [5.74, 6) is -0.0802. The first-order chi connectivity index (χ1) is 12.6. The molecule has 1 N–H and O–H groups in total. The highest BCUT2D eigenvalue weighted by Gasteiger charge is 2.34. The van der Waals surface area contributed by atoms with E-state index < -0.39 is 6.04 Å². The molecule has 2 amide bonds. The normalized spacial score (nSPS) is 20.0. The van der Waals surface area contributed by atoms with Crippen LogP contribution >= 0.6 is 0 Å². The summed E-state index contributed by atoms with van der Waals surface area (Å²) in [7, 11) is 0. The number of fused-ring (bicyclic) bond motifs is 1. The van der Waals surface area contributed by atoms with Crippen molar-refractivity contribution >= 4 is 11.8 Å². The van der Waals surface area contributed by atoms with Gasteiger partial charge in [-0.1, -0.05) is 30.5 Å². The molecule has 1 fully saturated rings. The Hall–Kier alpha value is -2.63. The maximum atomic E-state index is 13.0. The van der Waals surface area contributed by atoms with Gasteiger partial charge < -0.3 is 10.2 Å². The Bertz CT molecular complexity index is 823. The standard InChI is InChI=1S/C20H24N4O2/c1-14-5-4-6-15(11-14)20(26)23-12-17-9-10-21-24(17)18(13-23)19(25)22-16-7-2-3-8-16/h4-6,9-11,16,18H,2-3,7-8,12-13H2,1H3,(H,22,25)/t18-/m0/s1. The number of carbonyl (C=O) groups is 2. The molecule has 0 unspecified atom stereocenters. The topological polar surface area (TPSA) is 67.2 Å². The van der Waals surface area contributed by atoms with Crippen LogP contribution in [0.3, 0.4) is 0 Å². The number of nitrogens with one attached hydrogen (secondary N) is 1. The van der Waals surface area contributed by atoms with Gasteiger partial charge in [-0.15, -0.1) is 0 Å². The van der Waals surface area contributed by atoms with Crippen LogP contribution in [0.4, 0.5) is 0 Å². The Balaban J connectivity index is 1.55. The number of nitrogens with zero attached hydrogens (tertiary/aromatic N) is 3. The van der Waals surface area contributed by atoms with Gasteiger partial charge in [0, 0.05) is 17.8 Å². The summed E-state index contributed by atoms with van der Waals surface area (Å²) in [6.45, 7) is 2.79. The van der Waals surface area contributed by atoms with Crippen LogP contribution < -0.4 is 5.32 Å². The van der Waals surface area contributed by atoms with E-state index in [0.717, 1.165) is 24.1 Å². The number of aryl methyl sites for hydroxylation is 1. The highest BCUT2D eigenvalue weighted by atomic mass is 16.2. The lowest BCUT2D eigenvalue weighted by atomic mass is 10.1. The second-order valence-electron chi connectivity index (χ2n) is 7.33. The van der Waals surface area contributed by atoms with Crippen molar-refractivity contribution in [3.05, 3.63) is 53.3 Å². The number of hydrogen-bond donors (Lipinski definition) is 1. The molecule has 0 bridgehead atoms. The molecule has 1 saturated carbocycles. The third-order valence-electron chi connectivity index (χ3n) is 5.35. The van der Waals surface area contributed by atoms with Crippen LogP contribution in [0.2, 0.25) is 0 Å². The van der Waals surface area contributed by atoms with Gasteiger partial charge >= 0.3 is 0 Å². The average Bonchev–Trinajstić information content (AvgIpc) is 3.31. The fraction of sp³-hybridized carbons (Fsp3) is 0.450. The third-order valence-corrected chi connectivity index (χ3v) is 5.35. The smallest absolute Gasteiger partial charge is 0.254 e. The molecular formula is C20H24N4O2. The number of hydrogen-bond acceptors (Lipinski definition) is 3. The van der Waals surface area contributed by atoms with Crippen molar-refractivity contribution in [3.8, 4) is 0 Å². The molecule has 1 atom stereocenters. The predicted octanol–water partition coefficient (Wildman–Crippen LogP) is 2.45. The van der Waals surface area contributed by atoms with Crippen molar-refractivity contribution in [2.24, 2.45) is 0 Å². The molecule has 1 aromatic carbocycles. The van der Waals surface area contributed by atoms with E-state index in [1.807, 2.05) is 37.3 Å². The summed E-state index contributed by atoms with van der Waals surface area (Å²) in [4.78, 5) is 27.6. The van der Waals surface area contributed by atoms with Gasteiger partial charge in [0.15, 0.2) is 0 Å². The second kappa shape index (κ2) is 6.94. The zero-order valence-corrected chi connectivity index (χ0v) is 15.0. The average molecular weight is 352 g/mol. The van der Waals surface area contributed by atoms with Crippen LogP contribution in [0.15, 0.2) is 36.5 Å². The summed E-state index contributed by atoms with van der Waals surface area (Å²) in [5.41, 5.74) is 2.60. The molecular weight excluding hydrogens is 328 g/mol. The van der Waals surface area contributed by atoms with E-state index in [4.69, 9.17) is 0 Å². The molecule has 6 heteroatoms. The lowest BCUT2D eigenvalue weighted by molar-refractivity contribution is -0.126. The van der Waals surface area contributed by atoms with E-state index in [-0.39, 0.29) is 17.9 Å². The van der Waals surface area contributed by atoms with Crippen molar-refractivity contribution in [1.82, 2.24) is 20.0 Å². The number of carbonyl (C=O) groups excluding carboxylic acids is 2. The predicted molar refractivity (Wildman–Crippen MR) is 97.6 cm³/mol. The molecule has 0 saturated heterocycles. The number of benzene rings is 1. The lowest BCUT2D eigenvalue weighted by Gasteiger charge is -2.33. The first kappa shape index (κ1) is 16.8. The molecule has 2 aromatic rings. The second-order valence-corrected chi connectivity index (χ2v) is 7.33. The van der Waals surface area contributed by atoms with Gasteiger partial charge in [0.25, 0.3) is 5.91 Å². The SMILES string of the molecule is Cc1cccc(C(=O)N2Cc3ccnn3[C@H](C(=O)NC3CCCC3)C2)c1. The largest absolute Gasteiger partial charge is 0.351 e. The van der Waals surface area contributed by atoms with Gasteiger partial charge in [0.05, 0.1) is 18.8 Å². The Kier molecular flexibility index (Phi) is 4.49. The van der Waals surface area contributed by atoms with E-state index in [9.17, 15) is 9.59 Å². The van der Waals surface area contributed by atoms with Gasteiger partial charge in [0.1, 0.15) is 6.04 Å². The van der Waals surface area contributed by atoms with Gasteiger partial charge in [-0.3, -0.25) is 14.3 Å². The Morgan fingerprint density at radius 1 is 1.19 bits per heavy atom. The van der Waals surface area contributed by atoms with E-state index >= 15 is 0 Å². The Morgan fingerprint density at radius 3 is 2.77 bits per heavy atom. The molecule has 4 rings (SSSR count). The Labute approximate surface area is 153 Å². The summed E-state index contributed by atoms with van der Waals surface area (Å²) >= 11 is 0. The lowest BCUT2D eigenvalue weighted by Crippen LogP contribution is -2.48. The van der Waals surface area contributed by atoms with E-state index in [0.29, 0.717) is 18.7 Å². The minimum absolute atomic E-state index is 0.0383. The van der Waals surface area contributed by atoms with Crippen LogP contribution in [-0.4, -0.2) is 39.1 Å². The highest BCUT2D eigenvalue weighted by molar-refractivity contribution is 5.95. The van der Waals surface area contributed by atoms with E-state index in [1.165, 1.54) is 12.8 Å². The van der Waals surface area contributed by atoms with Crippen LogP contribution in [0.1, 0.15) is 53.3 Å². The zero-order valence-electron chi connectivity index (χ0n) is 15.0. The monoisotopic (exact) mass is 352 g/mol. The molecule has 2 heterocycles. The number of amides is 2. The summed E-state index contributed by atoms with van der Waals surface area (Å²) in [5, 5.41) is 7.48. The Morgan fingerprint density at radius 2 is 2.00 bits per heavy atom. The van der Waals surface area contributed by atoms with Gasteiger partial charge in [-0.2, -0.15) is 5.10 Å². The summed E-state index contributed by atoms with van der Waals surface area (Å²) < 4.78 is 1.77. The fourth-order valence-electron chi connectivity index (χ4n) is 3.97. The molecule has 1 aliphatic carbocycles. The highest BCUT2D eigenvalue weighted by Crippen LogP contribution is 2.24. The van der Waals surface area contributed by atoms with Crippen LogP contribution in [0.25, 0.3) is 0 Å². The van der Waals surface area contributed by atoms with Crippen LogP contribution in [0, 0.1) is 6.92 Å². The maximum Gasteiger partial charge on any atom is 0.254 e. The number of aromatic nitrogens is 2. The van der Waals surface area contributed by atoms with Gasteiger partial charge in [-0.25, -0.2) is 0 Å². The molecule has 1 aromatic heterocycles. The molecule has 1 aliphatic heterocycles. The number of rotatable bonds is 3. The molecule has 0 radical (unpaired) electrons. The van der Waals surface area contributed by atoms with Crippen LogP contribution in [-0.2, 0) is 11.3 Å².